The van der Waals surface area contributed by atoms with Crippen molar-refractivity contribution in [2.45, 2.75) is 25.7 Å². The molecule has 0 radical (unpaired) electrons. The number of carboxylic acid groups (broad SMARTS) is 1. The van der Waals surface area contributed by atoms with Gasteiger partial charge in [0.15, 0.2) is 0 Å². The molecule has 0 spiro atoms. The molecule has 2 aromatic rings. The van der Waals surface area contributed by atoms with E-state index in [2.05, 4.69) is 0 Å². The Balaban J connectivity index is 1.67. The highest BCUT2D eigenvalue weighted by molar-refractivity contribution is 5.80. The van der Waals surface area contributed by atoms with E-state index in [0.29, 0.717) is 25.9 Å². The van der Waals surface area contributed by atoms with Gasteiger partial charge in [0.25, 0.3) is 0 Å². The average Bonchev–Trinajstić information content (AvgIpc) is 3.07. The molecular formula is C21H23NO3. The fourth-order valence-electron chi connectivity index (χ4n) is 3.59. The molecule has 130 valence electrons. The smallest absolute Gasteiger partial charge is 0.308 e. The number of hydrogen-bond acceptors (Lipinski definition) is 2. The molecule has 4 nitrogen and oxygen atoms in total. The van der Waals surface area contributed by atoms with Gasteiger partial charge >= 0.3 is 5.97 Å². The topological polar surface area (TPSA) is 57.6 Å². The number of benzene rings is 2. The number of rotatable bonds is 5. The van der Waals surface area contributed by atoms with Crippen molar-refractivity contribution in [2.75, 3.05) is 13.1 Å². The van der Waals surface area contributed by atoms with Crippen LogP contribution in [0.15, 0.2) is 54.6 Å². The summed E-state index contributed by atoms with van der Waals surface area (Å²) in [5.41, 5.74) is 3.34. The number of amides is 1. The lowest BCUT2D eigenvalue weighted by Gasteiger charge is -2.17. The van der Waals surface area contributed by atoms with E-state index in [1.807, 2.05) is 61.5 Å². The van der Waals surface area contributed by atoms with Gasteiger partial charge in [0.2, 0.25) is 5.91 Å². The SMILES string of the molecule is Cc1ccccc1CCC(=O)N1C[C@H](C(=O)O)[C@H](c2ccccc2)C1. The summed E-state index contributed by atoms with van der Waals surface area (Å²) in [6, 6.07) is 17.7. The van der Waals surface area contributed by atoms with E-state index < -0.39 is 11.9 Å². The van der Waals surface area contributed by atoms with E-state index in [9.17, 15) is 14.7 Å². The summed E-state index contributed by atoms with van der Waals surface area (Å²) < 4.78 is 0. The van der Waals surface area contributed by atoms with Gasteiger partial charge in [-0.05, 0) is 30.0 Å². The van der Waals surface area contributed by atoms with Crippen LogP contribution in [0.4, 0.5) is 0 Å². The van der Waals surface area contributed by atoms with Crippen LogP contribution in [0.5, 0.6) is 0 Å². The Morgan fingerprint density at radius 3 is 2.40 bits per heavy atom. The van der Waals surface area contributed by atoms with Crippen molar-refractivity contribution in [1.29, 1.82) is 0 Å². The second kappa shape index (κ2) is 7.51. The summed E-state index contributed by atoms with van der Waals surface area (Å²) >= 11 is 0. The number of carboxylic acids is 1. The molecule has 25 heavy (non-hydrogen) atoms. The van der Waals surface area contributed by atoms with Crippen LogP contribution in [-0.4, -0.2) is 35.0 Å². The fraction of sp³-hybridized carbons (Fsp3) is 0.333. The molecule has 1 N–H and O–H groups in total. The van der Waals surface area contributed by atoms with Gasteiger partial charge in [0.05, 0.1) is 5.92 Å². The van der Waals surface area contributed by atoms with Gasteiger partial charge in [-0.3, -0.25) is 9.59 Å². The normalized spacial score (nSPS) is 19.8. The van der Waals surface area contributed by atoms with Gasteiger partial charge in [0.1, 0.15) is 0 Å². The highest BCUT2D eigenvalue weighted by Crippen LogP contribution is 2.33. The van der Waals surface area contributed by atoms with Crippen molar-refractivity contribution in [3.05, 3.63) is 71.3 Å². The molecule has 1 amide bonds. The first-order chi connectivity index (χ1) is 12.1. The Morgan fingerprint density at radius 2 is 1.72 bits per heavy atom. The van der Waals surface area contributed by atoms with Gasteiger partial charge in [0, 0.05) is 25.4 Å². The Hall–Kier alpha value is -2.62. The quantitative estimate of drug-likeness (QED) is 0.911. The molecule has 0 aromatic heterocycles. The minimum absolute atomic E-state index is 0.0351. The molecule has 1 aliphatic heterocycles. The van der Waals surface area contributed by atoms with Gasteiger partial charge in [-0.1, -0.05) is 54.6 Å². The highest BCUT2D eigenvalue weighted by atomic mass is 16.4. The number of aryl methyl sites for hydroxylation is 2. The molecule has 0 bridgehead atoms. The molecule has 3 rings (SSSR count). The lowest BCUT2D eigenvalue weighted by molar-refractivity contribution is -0.141. The lowest BCUT2D eigenvalue weighted by Crippen LogP contribution is -2.30. The van der Waals surface area contributed by atoms with Crippen LogP contribution < -0.4 is 0 Å². The van der Waals surface area contributed by atoms with Crippen LogP contribution in [0.1, 0.15) is 29.0 Å². The number of nitrogens with zero attached hydrogens (tertiary/aromatic N) is 1. The summed E-state index contributed by atoms with van der Waals surface area (Å²) in [5.74, 6) is -1.47. The van der Waals surface area contributed by atoms with Crippen molar-refractivity contribution in [3.8, 4) is 0 Å². The van der Waals surface area contributed by atoms with Gasteiger partial charge in [-0.25, -0.2) is 0 Å². The predicted octanol–water partition coefficient (Wildman–Crippen LogP) is 3.25. The standard InChI is InChI=1S/C21H23NO3/c1-15-7-5-6-8-16(15)11-12-20(23)22-13-18(19(14-22)21(24)25)17-9-3-2-4-10-17/h2-10,18-19H,11-14H2,1H3,(H,24,25)/t18-,19-/m0/s1. The lowest BCUT2D eigenvalue weighted by atomic mass is 9.89. The first kappa shape index (κ1) is 17.2. The van der Waals surface area contributed by atoms with E-state index >= 15 is 0 Å². The Labute approximate surface area is 148 Å². The maximum absolute atomic E-state index is 12.6. The first-order valence-corrected chi connectivity index (χ1v) is 8.66. The zero-order chi connectivity index (χ0) is 17.8. The van der Waals surface area contributed by atoms with Gasteiger partial charge < -0.3 is 10.0 Å². The molecule has 0 aliphatic carbocycles. The minimum Gasteiger partial charge on any atom is -0.481 e. The van der Waals surface area contributed by atoms with Crippen molar-refractivity contribution in [2.24, 2.45) is 5.92 Å². The van der Waals surface area contributed by atoms with E-state index in [1.54, 1.807) is 4.90 Å². The van der Waals surface area contributed by atoms with Crippen LogP contribution in [0.2, 0.25) is 0 Å². The molecule has 1 aliphatic rings. The Kier molecular flexibility index (Phi) is 5.17. The van der Waals surface area contributed by atoms with Crippen molar-refractivity contribution in [1.82, 2.24) is 4.90 Å². The number of carbonyl (C=O) groups excluding carboxylic acids is 1. The first-order valence-electron chi connectivity index (χ1n) is 8.66. The van der Waals surface area contributed by atoms with Crippen LogP contribution in [0.3, 0.4) is 0 Å². The maximum atomic E-state index is 12.6. The third-order valence-electron chi connectivity index (χ3n) is 5.09. The summed E-state index contributed by atoms with van der Waals surface area (Å²) in [6.07, 6.45) is 1.11. The third-order valence-corrected chi connectivity index (χ3v) is 5.09. The van der Waals surface area contributed by atoms with E-state index in [4.69, 9.17) is 0 Å². The summed E-state index contributed by atoms with van der Waals surface area (Å²) in [6.45, 7) is 2.82. The number of hydrogen-bond donors (Lipinski definition) is 1. The zero-order valence-corrected chi connectivity index (χ0v) is 14.4. The molecular weight excluding hydrogens is 314 g/mol. The van der Waals surface area contributed by atoms with Crippen molar-refractivity contribution in [3.63, 3.8) is 0 Å². The monoisotopic (exact) mass is 337 g/mol. The fourth-order valence-corrected chi connectivity index (χ4v) is 3.59. The van der Waals surface area contributed by atoms with Gasteiger partial charge in [-0.15, -0.1) is 0 Å². The van der Waals surface area contributed by atoms with Gasteiger partial charge in [-0.2, -0.15) is 0 Å². The highest BCUT2D eigenvalue weighted by Gasteiger charge is 2.40. The number of carbonyl (C=O) groups is 2. The van der Waals surface area contributed by atoms with E-state index in [1.165, 1.54) is 11.1 Å². The summed E-state index contributed by atoms with van der Waals surface area (Å²) in [5, 5.41) is 9.55. The van der Waals surface area contributed by atoms with Crippen molar-refractivity contribution < 1.29 is 14.7 Å². The Bertz CT molecular complexity index is 757. The Morgan fingerprint density at radius 1 is 1.04 bits per heavy atom. The van der Waals surface area contributed by atoms with E-state index in [-0.39, 0.29) is 11.8 Å². The summed E-state index contributed by atoms with van der Waals surface area (Å²) in [7, 11) is 0. The molecule has 1 saturated heterocycles. The van der Waals surface area contributed by atoms with Crippen LogP contribution in [0.25, 0.3) is 0 Å². The maximum Gasteiger partial charge on any atom is 0.308 e. The molecule has 0 saturated carbocycles. The van der Waals surface area contributed by atoms with Crippen molar-refractivity contribution >= 4 is 11.9 Å². The van der Waals surface area contributed by atoms with Crippen LogP contribution >= 0.6 is 0 Å². The zero-order valence-electron chi connectivity index (χ0n) is 14.4. The molecule has 0 unspecified atom stereocenters. The predicted molar refractivity (Wildman–Crippen MR) is 96.4 cm³/mol. The second-order valence-electron chi connectivity index (χ2n) is 6.69. The van der Waals surface area contributed by atoms with E-state index in [0.717, 1.165) is 5.56 Å². The molecule has 2 atom stereocenters. The third kappa shape index (κ3) is 3.90. The molecule has 1 fully saturated rings. The minimum atomic E-state index is -0.831. The molecule has 2 aromatic carbocycles. The second-order valence-corrected chi connectivity index (χ2v) is 6.69. The number of likely N-dealkylation sites (tertiary alicyclic amines) is 1. The van der Waals surface area contributed by atoms with Crippen LogP contribution in [0, 0.1) is 12.8 Å². The summed E-state index contributed by atoms with van der Waals surface area (Å²) in [4.78, 5) is 26.0. The number of aliphatic carboxylic acids is 1. The van der Waals surface area contributed by atoms with Crippen LogP contribution in [-0.2, 0) is 16.0 Å². The molecule has 1 heterocycles. The largest absolute Gasteiger partial charge is 0.481 e. The molecule has 4 heteroatoms. The average molecular weight is 337 g/mol.